The SMILES string of the molecule is CSc1ccc2c(c1)CC1=C2C(=O)c2ccc(OC[C@H](O)CO)cc2C1. The molecule has 0 radical (unpaired) electrons. The molecule has 2 N–H and O–H groups in total. The van der Waals surface area contributed by atoms with Crippen LogP contribution in [-0.2, 0) is 12.8 Å². The average molecular weight is 368 g/mol. The molecule has 0 saturated carbocycles. The lowest BCUT2D eigenvalue weighted by Gasteiger charge is -2.19. The van der Waals surface area contributed by atoms with Gasteiger partial charge in [-0.1, -0.05) is 6.07 Å². The molecule has 2 aliphatic rings. The van der Waals surface area contributed by atoms with E-state index in [1.807, 2.05) is 6.07 Å². The van der Waals surface area contributed by atoms with Crippen molar-refractivity contribution in [3.05, 3.63) is 64.2 Å². The minimum absolute atomic E-state index is 0.0279. The standard InChI is InChI=1S/C21H20O4S/c1-26-17-3-5-18-13(9-17)7-14-6-12-8-16(25-11-15(23)10-22)2-4-19(12)21(24)20(14)18/h2-5,8-9,15,22-23H,6-7,10-11H2,1H3/t15-/m1/s1. The average Bonchev–Trinajstić information content (AvgIpc) is 3.03. The summed E-state index contributed by atoms with van der Waals surface area (Å²) in [6, 6.07) is 11.7. The van der Waals surface area contributed by atoms with E-state index in [1.165, 1.54) is 16.0 Å². The van der Waals surface area contributed by atoms with E-state index in [0.29, 0.717) is 5.75 Å². The van der Waals surface area contributed by atoms with E-state index >= 15 is 0 Å². The first-order chi connectivity index (χ1) is 12.6. The van der Waals surface area contributed by atoms with Gasteiger partial charge in [0, 0.05) is 16.0 Å². The summed E-state index contributed by atoms with van der Waals surface area (Å²) in [4.78, 5) is 14.3. The minimum Gasteiger partial charge on any atom is -0.491 e. The molecular weight excluding hydrogens is 348 g/mol. The lowest BCUT2D eigenvalue weighted by molar-refractivity contribution is 0.0536. The zero-order chi connectivity index (χ0) is 18.3. The fraction of sp³-hybridized carbons (Fsp3) is 0.286. The third kappa shape index (κ3) is 2.96. The molecule has 0 heterocycles. The normalized spacial score (nSPS) is 16.2. The van der Waals surface area contributed by atoms with Crippen LogP contribution in [0, 0.1) is 0 Å². The first kappa shape index (κ1) is 17.3. The highest BCUT2D eigenvalue weighted by molar-refractivity contribution is 7.98. The molecule has 2 aromatic rings. The van der Waals surface area contributed by atoms with Crippen LogP contribution >= 0.6 is 11.8 Å². The van der Waals surface area contributed by atoms with Gasteiger partial charge >= 0.3 is 0 Å². The molecule has 4 rings (SSSR count). The summed E-state index contributed by atoms with van der Waals surface area (Å²) in [7, 11) is 0. The quantitative estimate of drug-likeness (QED) is 0.795. The number of carbonyl (C=O) groups is 1. The maximum absolute atomic E-state index is 13.1. The number of aliphatic hydroxyl groups excluding tert-OH is 2. The molecule has 0 saturated heterocycles. The maximum atomic E-state index is 13.1. The van der Waals surface area contributed by atoms with E-state index in [2.05, 4.69) is 24.5 Å². The van der Waals surface area contributed by atoms with Crippen LogP contribution in [0.4, 0.5) is 0 Å². The van der Waals surface area contributed by atoms with E-state index in [4.69, 9.17) is 9.84 Å². The highest BCUT2D eigenvalue weighted by Gasteiger charge is 2.32. The number of rotatable bonds is 5. The van der Waals surface area contributed by atoms with Crippen LogP contribution in [0.3, 0.4) is 0 Å². The number of hydrogen-bond donors (Lipinski definition) is 2. The number of carbonyl (C=O) groups excluding carboxylic acids is 1. The smallest absolute Gasteiger partial charge is 0.193 e. The van der Waals surface area contributed by atoms with Crippen LogP contribution in [0.15, 0.2) is 46.9 Å². The van der Waals surface area contributed by atoms with Crippen molar-refractivity contribution in [3.8, 4) is 5.75 Å². The Labute approximate surface area is 156 Å². The first-order valence-electron chi connectivity index (χ1n) is 8.59. The zero-order valence-electron chi connectivity index (χ0n) is 14.5. The van der Waals surface area contributed by atoms with Gasteiger partial charge in [0.2, 0.25) is 0 Å². The Kier molecular flexibility index (Phi) is 4.61. The molecule has 26 heavy (non-hydrogen) atoms. The number of ether oxygens (including phenoxy) is 1. The topological polar surface area (TPSA) is 66.8 Å². The molecule has 0 fully saturated rings. The van der Waals surface area contributed by atoms with Gasteiger partial charge in [0.25, 0.3) is 0 Å². The number of fused-ring (bicyclic) bond motifs is 3. The molecular formula is C21H20O4S. The number of Topliss-reactive ketones (excluding diaryl/α,β-unsaturated/α-hetero) is 1. The minimum atomic E-state index is -0.906. The molecule has 1 atom stereocenters. The Morgan fingerprint density at radius 3 is 2.58 bits per heavy atom. The van der Waals surface area contributed by atoms with E-state index in [9.17, 15) is 9.90 Å². The second kappa shape index (κ2) is 6.91. The van der Waals surface area contributed by atoms with Crippen LogP contribution in [0.5, 0.6) is 5.75 Å². The summed E-state index contributed by atoms with van der Waals surface area (Å²) in [6.07, 6.45) is 2.70. The third-order valence-corrected chi connectivity index (χ3v) is 5.67. The Hall–Kier alpha value is -2.08. The van der Waals surface area contributed by atoms with Crippen molar-refractivity contribution in [3.63, 3.8) is 0 Å². The summed E-state index contributed by atoms with van der Waals surface area (Å²) < 4.78 is 5.52. The van der Waals surface area contributed by atoms with Crippen molar-refractivity contribution < 1.29 is 19.7 Å². The molecule has 2 aliphatic carbocycles. The van der Waals surface area contributed by atoms with Crippen molar-refractivity contribution in [2.75, 3.05) is 19.5 Å². The summed E-state index contributed by atoms with van der Waals surface area (Å²) in [5.41, 5.74) is 6.02. The summed E-state index contributed by atoms with van der Waals surface area (Å²) in [5, 5.41) is 18.3. The molecule has 0 aliphatic heterocycles. The molecule has 5 heteroatoms. The van der Waals surface area contributed by atoms with Gasteiger partial charge in [0.15, 0.2) is 5.78 Å². The van der Waals surface area contributed by atoms with Gasteiger partial charge in [-0.2, -0.15) is 0 Å². The van der Waals surface area contributed by atoms with Crippen LogP contribution in [0.1, 0.15) is 27.0 Å². The van der Waals surface area contributed by atoms with Gasteiger partial charge in [-0.25, -0.2) is 0 Å². The predicted molar refractivity (Wildman–Crippen MR) is 102 cm³/mol. The fourth-order valence-electron chi connectivity index (χ4n) is 3.67. The number of thioether (sulfide) groups is 1. The van der Waals surface area contributed by atoms with E-state index in [0.717, 1.165) is 35.1 Å². The summed E-state index contributed by atoms with van der Waals surface area (Å²) in [6.45, 7) is -0.309. The van der Waals surface area contributed by atoms with Gasteiger partial charge in [0.1, 0.15) is 18.5 Å². The number of ketones is 1. The summed E-state index contributed by atoms with van der Waals surface area (Å²) >= 11 is 1.71. The van der Waals surface area contributed by atoms with E-state index < -0.39 is 6.10 Å². The second-order valence-electron chi connectivity index (χ2n) is 6.65. The fourth-order valence-corrected chi connectivity index (χ4v) is 4.13. The van der Waals surface area contributed by atoms with Crippen LogP contribution in [-0.4, -0.2) is 41.6 Å². The van der Waals surface area contributed by atoms with Crippen molar-refractivity contribution in [2.24, 2.45) is 0 Å². The largest absolute Gasteiger partial charge is 0.491 e. The van der Waals surface area contributed by atoms with Crippen LogP contribution in [0.2, 0.25) is 0 Å². The van der Waals surface area contributed by atoms with Gasteiger partial charge < -0.3 is 14.9 Å². The molecule has 0 amide bonds. The number of hydrogen-bond acceptors (Lipinski definition) is 5. The second-order valence-corrected chi connectivity index (χ2v) is 7.53. The number of benzene rings is 2. The zero-order valence-corrected chi connectivity index (χ0v) is 15.3. The van der Waals surface area contributed by atoms with Crippen molar-refractivity contribution in [1.82, 2.24) is 0 Å². The Morgan fingerprint density at radius 2 is 1.85 bits per heavy atom. The molecule has 4 nitrogen and oxygen atoms in total. The molecule has 0 spiro atoms. The Balaban J connectivity index is 1.62. The van der Waals surface area contributed by atoms with Gasteiger partial charge in [0.05, 0.1) is 6.61 Å². The molecule has 0 bridgehead atoms. The van der Waals surface area contributed by atoms with Crippen LogP contribution in [0.25, 0.3) is 5.57 Å². The van der Waals surface area contributed by atoms with Gasteiger partial charge in [-0.3, -0.25) is 4.79 Å². The summed E-state index contributed by atoms with van der Waals surface area (Å²) in [5.74, 6) is 0.687. The highest BCUT2D eigenvalue weighted by atomic mass is 32.2. The predicted octanol–water partition coefficient (Wildman–Crippen LogP) is 2.89. The molecule has 0 unspecified atom stereocenters. The Morgan fingerprint density at radius 1 is 1.12 bits per heavy atom. The van der Waals surface area contributed by atoms with E-state index in [-0.39, 0.29) is 19.0 Å². The highest BCUT2D eigenvalue weighted by Crippen LogP contribution is 2.42. The lowest BCUT2D eigenvalue weighted by atomic mass is 9.85. The third-order valence-electron chi connectivity index (χ3n) is 4.94. The molecule has 2 aromatic carbocycles. The van der Waals surface area contributed by atoms with Crippen molar-refractivity contribution >= 4 is 23.1 Å². The van der Waals surface area contributed by atoms with E-state index in [1.54, 1.807) is 23.9 Å². The van der Waals surface area contributed by atoms with Gasteiger partial charge in [-0.15, -0.1) is 11.8 Å². The van der Waals surface area contributed by atoms with Crippen molar-refractivity contribution in [1.29, 1.82) is 0 Å². The van der Waals surface area contributed by atoms with Crippen molar-refractivity contribution in [2.45, 2.75) is 23.8 Å². The monoisotopic (exact) mass is 368 g/mol. The Bertz CT molecular complexity index is 916. The maximum Gasteiger partial charge on any atom is 0.193 e. The van der Waals surface area contributed by atoms with Crippen LogP contribution < -0.4 is 4.74 Å². The van der Waals surface area contributed by atoms with Gasteiger partial charge in [-0.05, 0) is 71.7 Å². The number of aliphatic hydroxyl groups is 2. The number of allylic oxidation sites excluding steroid dienone is 2. The first-order valence-corrected chi connectivity index (χ1v) is 9.82. The lowest BCUT2D eigenvalue weighted by Crippen LogP contribution is -2.21. The molecule has 134 valence electrons. The molecule has 0 aromatic heterocycles.